The van der Waals surface area contributed by atoms with Gasteiger partial charge in [0.15, 0.2) is 16.9 Å². The zero-order valence-electron chi connectivity index (χ0n) is 21.3. The predicted molar refractivity (Wildman–Crippen MR) is 125 cm³/mol. The molecule has 0 spiro atoms. The van der Waals surface area contributed by atoms with Crippen LogP contribution >= 0.6 is 0 Å². The standard InChI is InChI=1S/C25H37NO8/c1-8-34-22(27)13-19-18-12-21(31-5)20(30-4)11-17(18)9-10-26(19)15-25(14-16(2)3,23(28)32-6)24(29)33-7/h11-12,16,19H,8-10,13-15H2,1-7H3. The zero-order valence-corrected chi connectivity index (χ0v) is 21.3. The number of nitrogens with zero attached hydrogens (tertiary/aromatic N) is 1. The molecule has 190 valence electrons. The molecule has 0 saturated heterocycles. The van der Waals surface area contributed by atoms with E-state index in [4.69, 9.17) is 23.7 Å². The molecule has 0 fully saturated rings. The highest BCUT2D eigenvalue weighted by atomic mass is 16.5. The monoisotopic (exact) mass is 479 g/mol. The van der Waals surface area contributed by atoms with E-state index in [1.165, 1.54) is 14.2 Å². The van der Waals surface area contributed by atoms with Crippen LogP contribution in [0.3, 0.4) is 0 Å². The zero-order chi connectivity index (χ0) is 25.5. The number of ether oxygens (including phenoxy) is 5. The Morgan fingerprint density at radius 1 is 1.03 bits per heavy atom. The first-order chi connectivity index (χ1) is 16.2. The van der Waals surface area contributed by atoms with Gasteiger partial charge in [0, 0.05) is 19.1 Å². The molecule has 1 unspecified atom stereocenters. The molecule has 0 aliphatic carbocycles. The van der Waals surface area contributed by atoms with Crippen molar-refractivity contribution in [1.29, 1.82) is 0 Å². The van der Waals surface area contributed by atoms with Crippen molar-refractivity contribution in [2.75, 3.05) is 48.1 Å². The van der Waals surface area contributed by atoms with Gasteiger partial charge in [0.05, 0.1) is 41.5 Å². The predicted octanol–water partition coefficient (Wildman–Crippen LogP) is 2.93. The van der Waals surface area contributed by atoms with Crippen molar-refractivity contribution in [2.24, 2.45) is 11.3 Å². The lowest BCUT2D eigenvalue weighted by atomic mass is 9.78. The maximum atomic E-state index is 13.0. The third kappa shape index (κ3) is 5.81. The summed E-state index contributed by atoms with van der Waals surface area (Å²) in [6.45, 7) is 6.42. The third-order valence-corrected chi connectivity index (χ3v) is 6.16. The summed E-state index contributed by atoms with van der Waals surface area (Å²) < 4.78 is 26.3. The molecule has 34 heavy (non-hydrogen) atoms. The van der Waals surface area contributed by atoms with Gasteiger partial charge in [-0.15, -0.1) is 0 Å². The van der Waals surface area contributed by atoms with E-state index in [0.29, 0.717) is 24.5 Å². The first-order valence-corrected chi connectivity index (χ1v) is 11.5. The van der Waals surface area contributed by atoms with Crippen LogP contribution in [0.15, 0.2) is 12.1 Å². The number of fused-ring (bicyclic) bond motifs is 1. The van der Waals surface area contributed by atoms with Gasteiger partial charge in [-0.2, -0.15) is 0 Å². The van der Waals surface area contributed by atoms with E-state index in [1.54, 1.807) is 21.1 Å². The van der Waals surface area contributed by atoms with Crippen LogP contribution in [-0.4, -0.2) is 70.9 Å². The summed E-state index contributed by atoms with van der Waals surface area (Å²) in [6, 6.07) is 3.32. The summed E-state index contributed by atoms with van der Waals surface area (Å²) >= 11 is 0. The number of esters is 3. The van der Waals surface area contributed by atoms with Crippen LogP contribution < -0.4 is 9.47 Å². The molecule has 2 rings (SSSR count). The lowest BCUT2D eigenvalue weighted by Gasteiger charge is -2.42. The van der Waals surface area contributed by atoms with Gasteiger partial charge in [0.1, 0.15) is 0 Å². The summed E-state index contributed by atoms with van der Waals surface area (Å²) in [6.07, 6.45) is 0.930. The molecule has 9 heteroatoms. The maximum absolute atomic E-state index is 13.0. The average Bonchev–Trinajstić information content (AvgIpc) is 2.82. The van der Waals surface area contributed by atoms with Gasteiger partial charge < -0.3 is 23.7 Å². The molecule has 1 aliphatic heterocycles. The van der Waals surface area contributed by atoms with Crippen molar-refractivity contribution in [3.8, 4) is 11.5 Å². The summed E-state index contributed by atoms with van der Waals surface area (Å²) in [5, 5.41) is 0. The van der Waals surface area contributed by atoms with E-state index in [1.807, 2.05) is 30.9 Å². The topological polar surface area (TPSA) is 101 Å². The summed E-state index contributed by atoms with van der Waals surface area (Å²) in [4.78, 5) is 40.6. The molecule has 1 atom stereocenters. The molecule has 0 amide bonds. The van der Waals surface area contributed by atoms with Crippen LogP contribution in [-0.2, 0) is 35.0 Å². The first kappa shape index (κ1) is 27.4. The molecular formula is C25H37NO8. The van der Waals surface area contributed by atoms with Gasteiger partial charge in [0.2, 0.25) is 0 Å². The van der Waals surface area contributed by atoms with Gasteiger partial charge >= 0.3 is 17.9 Å². The Bertz CT molecular complexity index is 866. The fourth-order valence-corrected chi connectivity index (χ4v) is 4.76. The normalized spacial score (nSPS) is 15.9. The van der Waals surface area contributed by atoms with Gasteiger partial charge in [-0.25, -0.2) is 0 Å². The fraction of sp³-hybridized carbons (Fsp3) is 0.640. The van der Waals surface area contributed by atoms with E-state index >= 15 is 0 Å². The van der Waals surface area contributed by atoms with Gasteiger partial charge in [-0.3, -0.25) is 19.3 Å². The summed E-state index contributed by atoms with van der Waals surface area (Å²) in [7, 11) is 5.65. The minimum Gasteiger partial charge on any atom is -0.493 e. The van der Waals surface area contributed by atoms with Crippen LogP contribution in [0.2, 0.25) is 0 Å². The average molecular weight is 480 g/mol. The number of carbonyl (C=O) groups is 3. The quantitative estimate of drug-likeness (QED) is 0.269. The second-order valence-electron chi connectivity index (χ2n) is 8.81. The Morgan fingerprint density at radius 2 is 1.62 bits per heavy atom. The van der Waals surface area contributed by atoms with Crippen molar-refractivity contribution < 1.29 is 38.1 Å². The molecule has 0 aromatic heterocycles. The molecule has 0 bridgehead atoms. The van der Waals surface area contributed by atoms with E-state index in [2.05, 4.69) is 0 Å². The van der Waals surface area contributed by atoms with Gasteiger partial charge in [-0.1, -0.05) is 13.8 Å². The Balaban J connectivity index is 2.59. The summed E-state index contributed by atoms with van der Waals surface area (Å²) in [5.74, 6) is -0.523. The van der Waals surface area contributed by atoms with Crippen LogP contribution in [0.4, 0.5) is 0 Å². The Labute approximate surface area is 201 Å². The molecule has 1 aromatic carbocycles. The molecule has 1 aromatic rings. The van der Waals surface area contributed by atoms with E-state index in [9.17, 15) is 14.4 Å². The van der Waals surface area contributed by atoms with Crippen molar-refractivity contribution in [2.45, 2.75) is 46.1 Å². The lowest BCUT2D eigenvalue weighted by Crippen LogP contribution is -2.52. The van der Waals surface area contributed by atoms with Crippen molar-refractivity contribution in [1.82, 2.24) is 4.90 Å². The number of hydrogen-bond acceptors (Lipinski definition) is 9. The largest absolute Gasteiger partial charge is 0.493 e. The van der Waals surface area contributed by atoms with Crippen LogP contribution in [0.25, 0.3) is 0 Å². The highest BCUT2D eigenvalue weighted by molar-refractivity contribution is 6.00. The number of rotatable bonds is 11. The van der Waals surface area contributed by atoms with Crippen LogP contribution in [0, 0.1) is 11.3 Å². The van der Waals surface area contributed by atoms with Crippen molar-refractivity contribution in [3.05, 3.63) is 23.3 Å². The highest BCUT2D eigenvalue weighted by Crippen LogP contribution is 2.42. The molecule has 0 saturated carbocycles. The van der Waals surface area contributed by atoms with Crippen LogP contribution in [0.5, 0.6) is 11.5 Å². The highest BCUT2D eigenvalue weighted by Gasteiger charge is 2.51. The number of hydrogen-bond donors (Lipinski definition) is 0. The van der Waals surface area contributed by atoms with E-state index in [-0.39, 0.29) is 37.9 Å². The minimum absolute atomic E-state index is 0.0168. The fourth-order valence-electron chi connectivity index (χ4n) is 4.76. The maximum Gasteiger partial charge on any atom is 0.324 e. The molecule has 9 nitrogen and oxygen atoms in total. The Hall–Kier alpha value is -2.81. The number of carbonyl (C=O) groups excluding carboxylic acids is 3. The Kier molecular flexibility index (Phi) is 9.73. The van der Waals surface area contributed by atoms with E-state index in [0.717, 1.165) is 11.1 Å². The minimum atomic E-state index is -1.53. The number of benzene rings is 1. The second kappa shape index (κ2) is 12.1. The molecule has 0 radical (unpaired) electrons. The van der Waals surface area contributed by atoms with E-state index < -0.39 is 23.4 Å². The molecular weight excluding hydrogens is 442 g/mol. The lowest BCUT2D eigenvalue weighted by molar-refractivity contribution is -0.173. The van der Waals surface area contributed by atoms with Gasteiger partial charge in [-0.05, 0) is 48.9 Å². The first-order valence-electron chi connectivity index (χ1n) is 11.5. The second-order valence-corrected chi connectivity index (χ2v) is 8.81. The molecule has 0 N–H and O–H groups in total. The molecule has 1 aliphatic rings. The molecule has 1 heterocycles. The summed E-state index contributed by atoms with van der Waals surface area (Å²) in [5.41, 5.74) is 0.345. The SMILES string of the molecule is CCOC(=O)CC1c2cc(OC)c(OC)cc2CCN1CC(CC(C)C)(C(=O)OC)C(=O)OC. The van der Waals surface area contributed by atoms with Crippen molar-refractivity contribution in [3.63, 3.8) is 0 Å². The van der Waals surface area contributed by atoms with Crippen molar-refractivity contribution >= 4 is 17.9 Å². The smallest absolute Gasteiger partial charge is 0.324 e. The van der Waals surface area contributed by atoms with Gasteiger partial charge in [0.25, 0.3) is 0 Å². The van der Waals surface area contributed by atoms with Crippen LogP contribution in [0.1, 0.15) is 50.8 Å². The third-order valence-electron chi connectivity index (χ3n) is 6.16. The Morgan fingerprint density at radius 3 is 2.12 bits per heavy atom. The number of methoxy groups -OCH3 is 4.